The van der Waals surface area contributed by atoms with Gasteiger partial charge < -0.3 is 5.11 Å². The van der Waals surface area contributed by atoms with E-state index in [2.05, 4.69) is 32.9 Å². The highest BCUT2D eigenvalue weighted by molar-refractivity contribution is 7.90. The fourth-order valence-corrected chi connectivity index (χ4v) is 5.53. The van der Waals surface area contributed by atoms with Crippen molar-refractivity contribution < 1.29 is 18.3 Å². The second kappa shape index (κ2) is 9.55. The Hall–Kier alpha value is -3.64. The summed E-state index contributed by atoms with van der Waals surface area (Å²) < 4.78 is 28.4. The van der Waals surface area contributed by atoms with Gasteiger partial charge in [0.15, 0.2) is 0 Å². The first-order chi connectivity index (χ1) is 16.5. The highest BCUT2D eigenvalue weighted by atomic mass is 32.2. The molecular weight excluding hydrogens is 458 g/mol. The molecule has 180 valence electrons. The van der Waals surface area contributed by atoms with Crippen molar-refractivity contribution >= 4 is 33.0 Å². The van der Waals surface area contributed by atoms with Crippen LogP contribution in [0.1, 0.15) is 53.5 Å². The van der Waals surface area contributed by atoms with Gasteiger partial charge in [-0.2, -0.15) is 0 Å². The van der Waals surface area contributed by atoms with E-state index in [1.807, 2.05) is 42.5 Å². The Morgan fingerprint density at radius 3 is 2.34 bits per heavy atom. The molecule has 4 aromatic rings. The number of aromatic nitrogens is 1. The number of hydrogen-bond acceptors (Lipinski definition) is 3. The topological polar surface area (TPSA) is 76.4 Å². The summed E-state index contributed by atoms with van der Waals surface area (Å²) in [7, 11) is -3.69. The SMILES string of the molecule is CC(C)(C)c1cccc(C=CCS(=O)(=O)n2c(Cc3ccc(C(=O)O)cc3)cc3ccccc32)c1. The molecule has 0 fully saturated rings. The zero-order chi connectivity index (χ0) is 25.2. The summed E-state index contributed by atoms with van der Waals surface area (Å²) >= 11 is 0. The zero-order valence-electron chi connectivity index (χ0n) is 20.1. The van der Waals surface area contributed by atoms with E-state index in [0.717, 1.165) is 16.5 Å². The first kappa shape index (κ1) is 24.5. The maximum atomic E-state index is 13.5. The lowest BCUT2D eigenvalue weighted by atomic mass is 9.86. The first-order valence-corrected chi connectivity index (χ1v) is 13.1. The molecule has 0 unspecified atom stereocenters. The van der Waals surface area contributed by atoms with E-state index in [9.17, 15) is 13.2 Å². The predicted octanol–water partition coefficient (Wildman–Crippen LogP) is 6.12. The first-order valence-electron chi connectivity index (χ1n) is 11.5. The summed E-state index contributed by atoms with van der Waals surface area (Å²) in [6.07, 6.45) is 3.91. The number of carbonyl (C=O) groups is 1. The molecule has 6 heteroatoms. The standard InChI is InChI=1S/C29H29NO4S/c1-29(2,3)25-11-6-8-21(18-25)9-7-17-35(33,34)30-26(20-24-10-4-5-12-27(24)30)19-22-13-15-23(16-14-22)28(31)32/h4-16,18,20H,17,19H2,1-3H3,(H,31,32). The predicted molar refractivity (Wildman–Crippen MR) is 142 cm³/mol. The molecule has 0 radical (unpaired) electrons. The van der Waals surface area contributed by atoms with Gasteiger partial charge in [0, 0.05) is 17.5 Å². The Morgan fingerprint density at radius 1 is 0.943 bits per heavy atom. The average molecular weight is 488 g/mol. The molecule has 0 amide bonds. The van der Waals surface area contributed by atoms with Crippen LogP contribution in [0.5, 0.6) is 0 Å². The molecule has 1 N–H and O–H groups in total. The van der Waals surface area contributed by atoms with E-state index in [1.54, 1.807) is 24.3 Å². The van der Waals surface area contributed by atoms with Crippen LogP contribution in [0.15, 0.2) is 84.9 Å². The number of benzene rings is 3. The van der Waals surface area contributed by atoms with Crippen molar-refractivity contribution in [3.05, 3.63) is 113 Å². The Labute approximate surface area is 206 Å². The van der Waals surface area contributed by atoms with Crippen molar-refractivity contribution in [3.63, 3.8) is 0 Å². The molecule has 0 atom stereocenters. The molecule has 0 saturated heterocycles. The Kier molecular flexibility index (Phi) is 6.68. The van der Waals surface area contributed by atoms with Crippen LogP contribution in [-0.2, 0) is 21.9 Å². The normalized spacial score (nSPS) is 12.4. The molecule has 4 rings (SSSR count). The number of para-hydroxylation sites is 1. The lowest BCUT2D eigenvalue weighted by Gasteiger charge is -2.19. The molecule has 0 saturated carbocycles. The van der Waals surface area contributed by atoms with E-state index in [4.69, 9.17) is 5.11 Å². The van der Waals surface area contributed by atoms with Crippen molar-refractivity contribution in [2.75, 3.05) is 5.75 Å². The van der Waals surface area contributed by atoms with Crippen LogP contribution in [0.3, 0.4) is 0 Å². The number of fused-ring (bicyclic) bond motifs is 1. The summed E-state index contributed by atoms with van der Waals surface area (Å²) in [6.45, 7) is 6.44. The number of nitrogens with zero attached hydrogens (tertiary/aromatic N) is 1. The van der Waals surface area contributed by atoms with Crippen LogP contribution in [0, 0.1) is 0 Å². The third-order valence-corrected chi connectivity index (χ3v) is 7.57. The minimum absolute atomic E-state index is 0.0115. The molecule has 0 aliphatic rings. The molecule has 3 aromatic carbocycles. The van der Waals surface area contributed by atoms with Gasteiger partial charge in [-0.15, -0.1) is 0 Å². The maximum Gasteiger partial charge on any atom is 0.335 e. The van der Waals surface area contributed by atoms with Gasteiger partial charge in [0.25, 0.3) is 0 Å². The summed E-state index contributed by atoms with van der Waals surface area (Å²) in [5.74, 6) is -1.14. The highest BCUT2D eigenvalue weighted by Crippen LogP contribution is 2.26. The quantitative estimate of drug-likeness (QED) is 0.341. The molecule has 35 heavy (non-hydrogen) atoms. The molecule has 0 spiro atoms. The van der Waals surface area contributed by atoms with Gasteiger partial charge in [-0.25, -0.2) is 17.2 Å². The maximum absolute atomic E-state index is 13.5. The van der Waals surface area contributed by atoms with E-state index in [-0.39, 0.29) is 16.7 Å². The fraction of sp³-hybridized carbons (Fsp3) is 0.207. The van der Waals surface area contributed by atoms with E-state index >= 15 is 0 Å². The third kappa shape index (κ3) is 5.54. The Bertz CT molecular complexity index is 1500. The Morgan fingerprint density at radius 2 is 1.66 bits per heavy atom. The smallest absolute Gasteiger partial charge is 0.335 e. The van der Waals surface area contributed by atoms with Gasteiger partial charge in [0.05, 0.1) is 16.8 Å². The van der Waals surface area contributed by atoms with E-state index in [0.29, 0.717) is 17.6 Å². The van der Waals surface area contributed by atoms with E-state index in [1.165, 1.54) is 21.7 Å². The zero-order valence-corrected chi connectivity index (χ0v) is 20.9. The lowest BCUT2D eigenvalue weighted by Crippen LogP contribution is -2.18. The van der Waals surface area contributed by atoms with Gasteiger partial charge >= 0.3 is 5.97 Å². The van der Waals surface area contributed by atoms with Gasteiger partial charge in [-0.05, 0) is 46.4 Å². The number of carboxylic acids is 1. The van der Waals surface area contributed by atoms with Gasteiger partial charge in [0.1, 0.15) is 0 Å². The van der Waals surface area contributed by atoms with Crippen LogP contribution in [0.4, 0.5) is 0 Å². The van der Waals surface area contributed by atoms with Crippen molar-refractivity contribution in [3.8, 4) is 0 Å². The van der Waals surface area contributed by atoms with Crippen molar-refractivity contribution in [2.24, 2.45) is 0 Å². The largest absolute Gasteiger partial charge is 0.478 e. The van der Waals surface area contributed by atoms with Gasteiger partial charge in [0.2, 0.25) is 10.0 Å². The van der Waals surface area contributed by atoms with Crippen LogP contribution in [-0.4, -0.2) is 29.2 Å². The fourth-order valence-electron chi connectivity index (χ4n) is 4.10. The van der Waals surface area contributed by atoms with Gasteiger partial charge in [-0.1, -0.05) is 87.5 Å². The third-order valence-electron chi connectivity index (χ3n) is 5.97. The highest BCUT2D eigenvalue weighted by Gasteiger charge is 2.20. The minimum Gasteiger partial charge on any atom is -0.478 e. The monoisotopic (exact) mass is 487 g/mol. The summed E-state index contributed by atoms with van der Waals surface area (Å²) in [5.41, 5.74) is 4.47. The minimum atomic E-state index is -3.69. The van der Waals surface area contributed by atoms with Crippen molar-refractivity contribution in [1.82, 2.24) is 3.97 Å². The molecule has 1 aromatic heterocycles. The number of aromatic carboxylic acids is 1. The van der Waals surface area contributed by atoms with Crippen molar-refractivity contribution in [2.45, 2.75) is 32.6 Å². The molecule has 1 heterocycles. The number of carboxylic acid groups (broad SMARTS) is 1. The van der Waals surface area contributed by atoms with Crippen LogP contribution in [0.2, 0.25) is 0 Å². The molecule has 0 aliphatic heterocycles. The number of rotatable bonds is 7. The van der Waals surface area contributed by atoms with E-state index < -0.39 is 16.0 Å². The van der Waals surface area contributed by atoms with Crippen molar-refractivity contribution in [1.29, 1.82) is 0 Å². The summed E-state index contributed by atoms with van der Waals surface area (Å²) in [5, 5.41) is 9.98. The Balaban J connectivity index is 1.65. The second-order valence-corrected chi connectivity index (χ2v) is 11.6. The van der Waals surface area contributed by atoms with Crippen LogP contribution < -0.4 is 0 Å². The molecule has 0 aliphatic carbocycles. The van der Waals surface area contributed by atoms with Gasteiger partial charge in [-0.3, -0.25) is 0 Å². The molecular formula is C29H29NO4S. The molecule has 5 nitrogen and oxygen atoms in total. The van der Waals surface area contributed by atoms with Crippen LogP contribution >= 0.6 is 0 Å². The molecule has 0 bridgehead atoms. The summed E-state index contributed by atoms with van der Waals surface area (Å²) in [4.78, 5) is 11.2. The average Bonchev–Trinajstić information content (AvgIpc) is 3.17. The summed E-state index contributed by atoms with van der Waals surface area (Å²) in [6, 6.07) is 23.9. The van der Waals surface area contributed by atoms with Crippen LogP contribution in [0.25, 0.3) is 17.0 Å². The lowest BCUT2D eigenvalue weighted by molar-refractivity contribution is 0.0697. The second-order valence-electron chi connectivity index (χ2n) is 9.69. The number of hydrogen-bond donors (Lipinski definition) is 1.